The maximum atomic E-state index is 5.24. The van der Waals surface area contributed by atoms with Crippen LogP contribution in [0.15, 0.2) is 176 Å². The van der Waals surface area contributed by atoms with Gasteiger partial charge in [-0.3, -0.25) is 4.57 Å². The molecule has 11 aromatic rings. The molecule has 0 spiro atoms. The van der Waals surface area contributed by atoms with E-state index in [1.165, 1.54) is 58.3 Å². The van der Waals surface area contributed by atoms with Gasteiger partial charge in [0.05, 0.1) is 22.1 Å². The molecule has 268 valence electrons. The molecule has 0 bridgehead atoms. The van der Waals surface area contributed by atoms with Gasteiger partial charge in [0.1, 0.15) is 0 Å². The van der Waals surface area contributed by atoms with Crippen LogP contribution in [0.3, 0.4) is 0 Å². The van der Waals surface area contributed by atoms with E-state index in [1.54, 1.807) is 0 Å². The van der Waals surface area contributed by atoms with E-state index >= 15 is 0 Å². The van der Waals surface area contributed by atoms with Crippen molar-refractivity contribution in [3.05, 3.63) is 182 Å². The number of hydrogen-bond acceptors (Lipinski definition) is 4. The maximum absolute atomic E-state index is 5.24. The number of thiophene rings is 1. The summed E-state index contributed by atoms with van der Waals surface area (Å²) in [5.74, 6) is 1.96. The van der Waals surface area contributed by atoms with Crippen molar-refractivity contribution in [3.63, 3.8) is 0 Å². The van der Waals surface area contributed by atoms with E-state index in [4.69, 9.17) is 15.0 Å². The fourth-order valence-corrected chi connectivity index (χ4v) is 10.0. The van der Waals surface area contributed by atoms with E-state index < -0.39 is 0 Å². The zero-order valence-electron chi connectivity index (χ0n) is 30.8. The van der Waals surface area contributed by atoms with Gasteiger partial charge in [-0.2, -0.15) is 9.97 Å². The van der Waals surface area contributed by atoms with Crippen molar-refractivity contribution in [2.24, 2.45) is 0 Å². The molecule has 0 aliphatic heterocycles. The fraction of sp³-hybridized carbons (Fsp3) is 0.0392. The van der Waals surface area contributed by atoms with Gasteiger partial charge in [-0.05, 0) is 78.6 Å². The summed E-state index contributed by atoms with van der Waals surface area (Å²) in [6, 6.07) is 56.7. The lowest BCUT2D eigenvalue weighted by atomic mass is 10.00. The molecule has 0 saturated carbocycles. The van der Waals surface area contributed by atoms with Crippen LogP contribution in [-0.2, 0) is 0 Å². The average molecular weight is 748 g/mol. The maximum Gasteiger partial charge on any atom is 0.238 e. The number of nitrogens with zero attached hydrogens (tertiary/aromatic N) is 5. The number of fused-ring (bicyclic) bond motifs is 10. The lowest BCUT2D eigenvalue weighted by Gasteiger charge is -2.12. The highest BCUT2D eigenvalue weighted by molar-refractivity contribution is 7.26. The van der Waals surface area contributed by atoms with Crippen molar-refractivity contribution in [1.82, 2.24) is 24.1 Å². The van der Waals surface area contributed by atoms with Crippen LogP contribution in [0.25, 0.3) is 104 Å². The summed E-state index contributed by atoms with van der Waals surface area (Å²) < 4.78 is 7.17. The Kier molecular flexibility index (Phi) is 7.16. The van der Waals surface area contributed by atoms with Crippen LogP contribution in [0.1, 0.15) is 18.7 Å². The summed E-state index contributed by atoms with van der Waals surface area (Å²) >= 11 is 1.86. The number of hydrogen-bond donors (Lipinski definition) is 0. The molecule has 0 saturated heterocycles. The van der Waals surface area contributed by atoms with Gasteiger partial charge in [-0.25, -0.2) is 4.98 Å². The van der Waals surface area contributed by atoms with Crippen LogP contribution < -0.4 is 0 Å². The fourth-order valence-electron chi connectivity index (χ4n) is 8.78. The Hall–Kier alpha value is -7.15. The van der Waals surface area contributed by atoms with E-state index in [2.05, 4.69) is 167 Å². The number of rotatable bonds is 5. The molecule has 0 fully saturated rings. The second-order valence-corrected chi connectivity index (χ2v) is 15.8. The smallest absolute Gasteiger partial charge is 0.238 e. The Bertz CT molecular complexity index is 3460. The Balaban J connectivity index is 1.13. The van der Waals surface area contributed by atoms with E-state index in [9.17, 15) is 0 Å². The summed E-state index contributed by atoms with van der Waals surface area (Å²) in [6.45, 7) is 0. The van der Waals surface area contributed by atoms with Gasteiger partial charge in [-0.1, -0.05) is 121 Å². The van der Waals surface area contributed by atoms with Crippen molar-refractivity contribution >= 4 is 80.7 Å². The minimum absolute atomic E-state index is 0.613. The Morgan fingerprint density at radius 1 is 0.456 bits per heavy atom. The number of allylic oxidation sites excluding steroid dienone is 4. The molecule has 6 heteroatoms. The van der Waals surface area contributed by atoms with Crippen LogP contribution in [0, 0.1) is 0 Å². The number of para-hydroxylation sites is 2. The molecule has 1 aliphatic rings. The normalized spacial score (nSPS) is 13.2. The molecule has 5 nitrogen and oxygen atoms in total. The van der Waals surface area contributed by atoms with Crippen molar-refractivity contribution in [2.75, 3.05) is 0 Å². The zero-order valence-corrected chi connectivity index (χ0v) is 31.6. The molecule has 57 heavy (non-hydrogen) atoms. The van der Waals surface area contributed by atoms with Gasteiger partial charge in [0.2, 0.25) is 5.95 Å². The molecule has 12 rings (SSSR count). The standard InChI is InChI=1S/C51H33N5S/c1-4-14-32(15-5-1)49-52-50(33-16-6-2-7-17-33)54-51(53-49)56-44-28-25-35(31-41(44)47-45(56)29-26-39-38-21-11-13-23-46(38)57-48(39)47)34-24-27-43-40(30-34)37-20-10-12-22-42(37)55(43)36-18-8-3-9-19-36/h1,3-6,8-31H,2,7H2. The Morgan fingerprint density at radius 3 is 1.93 bits per heavy atom. The molecular formula is C51H33N5S. The summed E-state index contributed by atoms with van der Waals surface area (Å²) in [5, 5.41) is 7.41. The third-order valence-electron chi connectivity index (χ3n) is 11.4. The zero-order chi connectivity index (χ0) is 37.5. The highest BCUT2D eigenvalue weighted by Crippen LogP contribution is 2.44. The van der Waals surface area contributed by atoms with Crippen LogP contribution in [0.2, 0.25) is 0 Å². The molecule has 0 unspecified atom stereocenters. The van der Waals surface area contributed by atoms with Gasteiger partial charge < -0.3 is 4.57 Å². The van der Waals surface area contributed by atoms with Crippen molar-refractivity contribution in [1.29, 1.82) is 0 Å². The molecular weight excluding hydrogens is 715 g/mol. The molecule has 0 radical (unpaired) electrons. The van der Waals surface area contributed by atoms with Crippen LogP contribution in [-0.4, -0.2) is 24.1 Å². The Labute approximate surface area is 332 Å². The number of aromatic nitrogens is 5. The van der Waals surface area contributed by atoms with Gasteiger partial charge in [-0.15, -0.1) is 11.3 Å². The first-order valence-corrected chi connectivity index (χ1v) is 20.2. The SMILES string of the molecule is C1=CC(c2nc(-c3ccccc3)nc(-n3c4ccc(-c5ccc6c(c5)c5ccccc5n6-c5ccccc5)cc4c4c5sc6ccccc6c5ccc43)n2)=CCC1. The average Bonchev–Trinajstić information content (AvgIpc) is 3.94. The summed E-state index contributed by atoms with van der Waals surface area (Å²) in [5.41, 5.74) is 10.0. The largest absolute Gasteiger partial charge is 0.309 e. The summed E-state index contributed by atoms with van der Waals surface area (Å²) in [6.07, 6.45) is 8.58. The minimum Gasteiger partial charge on any atom is -0.309 e. The summed E-state index contributed by atoms with van der Waals surface area (Å²) in [7, 11) is 0. The monoisotopic (exact) mass is 747 g/mol. The predicted molar refractivity (Wildman–Crippen MR) is 239 cm³/mol. The van der Waals surface area contributed by atoms with Gasteiger partial charge in [0.25, 0.3) is 0 Å². The van der Waals surface area contributed by atoms with Gasteiger partial charge in [0.15, 0.2) is 11.6 Å². The van der Waals surface area contributed by atoms with Gasteiger partial charge in [0, 0.05) is 58.5 Å². The molecule has 1 aliphatic carbocycles. The molecule has 0 N–H and O–H groups in total. The topological polar surface area (TPSA) is 48.5 Å². The first-order valence-electron chi connectivity index (χ1n) is 19.4. The first kappa shape index (κ1) is 32.1. The van der Waals surface area contributed by atoms with Crippen LogP contribution in [0.4, 0.5) is 0 Å². The van der Waals surface area contributed by atoms with E-state index in [0.717, 1.165) is 46.3 Å². The third kappa shape index (κ3) is 5.04. The van der Waals surface area contributed by atoms with E-state index in [0.29, 0.717) is 17.6 Å². The minimum atomic E-state index is 0.613. The molecule has 7 aromatic carbocycles. The molecule has 0 amide bonds. The molecule has 4 aromatic heterocycles. The second kappa shape index (κ2) is 12.7. The highest BCUT2D eigenvalue weighted by Gasteiger charge is 2.22. The lowest BCUT2D eigenvalue weighted by Crippen LogP contribution is -2.08. The summed E-state index contributed by atoms with van der Waals surface area (Å²) in [4.78, 5) is 15.5. The van der Waals surface area contributed by atoms with Gasteiger partial charge >= 0.3 is 0 Å². The van der Waals surface area contributed by atoms with E-state index in [-0.39, 0.29) is 0 Å². The Morgan fingerprint density at radius 2 is 1.12 bits per heavy atom. The first-order chi connectivity index (χ1) is 28.3. The quantitative estimate of drug-likeness (QED) is 0.176. The lowest BCUT2D eigenvalue weighted by molar-refractivity contribution is 0.928. The molecule has 0 atom stereocenters. The van der Waals surface area contributed by atoms with Crippen LogP contribution >= 0.6 is 11.3 Å². The predicted octanol–water partition coefficient (Wildman–Crippen LogP) is 13.5. The third-order valence-corrected chi connectivity index (χ3v) is 12.6. The second-order valence-electron chi connectivity index (χ2n) is 14.7. The number of benzene rings is 7. The van der Waals surface area contributed by atoms with E-state index in [1.807, 2.05) is 29.5 Å². The van der Waals surface area contributed by atoms with Crippen molar-refractivity contribution in [2.45, 2.75) is 12.8 Å². The molecule has 4 heterocycles. The van der Waals surface area contributed by atoms with Crippen LogP contribution in [0.5, 0.6) is 0 Å². The highest BCUT2D eigenvalue weighted by atomic mass is 32.1. The van der Waals surface area contributed by atoms with Crippen molar-refractivity contribution in [3.8, 4) is 34.2 Å². The van der Waals surface area contributed by atoms with Crippen molar-refractivity contribution < 1.29 is 0 Å².